The van der Waals surface area contributed by atoms with Crippen LogP contribution < -0.4 is 10.2 Å². The highest BCUT2D eigenvalue weighted by atomic mass is 16.4. The minimum absolute atomic E-state index is 0.134. The third-order valence-corrected chi connectivity index (χ3v) is 5.48. The zero-order valence-corrected chi connectivity index (χ0v) is 16.2. The molecule has 0 aliphatic carbocycles. The van der Waals surface area contributed by atoms with Crippen LogP contribution >= 0.6 is 0 Å². The van der Waals surface area contributed by atoms with Crippen LogP contribution in [0.4, 0.5) is 10.6 Å². The van der Waals surface area contributed by atoms with Gasteiger partial charge in [0.2, 0.25) is 5.91 Å². The molecule has 28 heavy (non-hydrogen) atoms. The Balaban J connectivity index is 1.87. The van der Waals surface area contributed by atoms with E-state index < -0.39 is 12.1 Å². The zero-order chi connectivity index (χ0) is 19.8. The number of aryl methyl sites for hydroxylation is 1. The summed E-state index contributed by atoms with van der Waals surface area (Å²) in [6.07, 6.45) is 1.68. The van der Waals surface area contributed by atoms with Gasteiger partial charge in [-0.3, -0.25) is 9.69 Å². The summed E-state index contributed by atoms with van der Waals surface area (Å²) in [7, 11) is 1.82. The van der Waals surface area contributed by atoms with Crippen LogP contribution in [0.2, 0.25) is 0 Å². The maximum atomic E-state index is 12.1. The number of anilines is 1. The van der Waals surface area contributed by atoms with E-state index in [2.05, 4.69) is 24.4 Å². The molecule has 0 radical (unpaired) electrons. The first-order valence-corrected chi connectivity index (χ1v) is 9.68. The molecule has 8 nitrogen and oxygen atoms in total. The van der Waals surface area contributed by atoms with Crippen LogP contribution in [-0.2, 0) is 17.6 Å². The van der Waals surface area contributed by atoms with Gasteiger partial charge in [0.15, 0.2) is 5.82 Å². The van der Waals surface area contributed by atoms with Gasteiger partial charge in [0.1, 0.15) is 0 Å². The minimum atomic E-state index is -0.975. The van der Waals surface area contributed by atoms with E-state index in [9.17, 15) is 14.7 Å². The first-order valence-electron chi connectivity index (χ1n) is 9.68. The summed E-state index contributed by atoms with van der Waals surface area (Å²) in [5.41, 5.74) is 4.15. The molecule has 1 aromatic heterocycles. The van der Waals surface area contributed by atoms with Crippen molar-refractivity contribution in [2.75, 3.05) is 31.6 Å². The number of hydrogen-bond acceptors (Lipinski definition) is 4. The van der Waals surface area contributed by atoms with Gasteiger partial charge in [0.25, 0.3) is 0 Å². The van der Waals surface area contributed by atoms with Crippen molar-refractivity contribution in [1.29, 1.82) is 0 Å². The molecular formula is C20H25N5O3. The molecular weight excluding hydrogens is 358 g/mol. The predicted octanol–water partition coefficient (Wildman–Crippen LogP) is 1.97. The van der Waals surface area contributed by atoms with Crippen LogP contribution in [-0.4, -0.2) is 58.5 Å². The highest BCUT2D eigenvalue weighted by Crippen LogP contribution is 2.38. The van der Waals surface area contributed by atoms with E-state index in [0.29, 0.717) is 18.8 Å². The van der Waals surface area contributed by atoms with E-state index in [1.165, 1.54) is 10.5 Å². The lowest BCUT2D eigenvalue weighted by molar-refractivity contribution is -0.120. The average molecular weight is 383 g/mol. The van der Waals surface area contributed by atoms with Crippen molar-refractivity contribution >= 4 is 17.8 Å². The molecule has 1 aromatic carbocycles. The van der Waals surface area contributed by atoms with Gasteiger partial charge < -0.3 is 15.3 Å². The summed E-state index contributed by atoms with van der Waals surface area (Å²) < 4.78 is 1.93. The number of benzene rings is 1. The zero-order valence-electron chi connectivity index (χ0n) is 16.2. The van der Waals surface area contributed by atoms with E-state index >= 15 is 0 Å². The number of amides is 2. The largest absolute Gasteiger partial charge is 0.465 e. The second-order valence-corrected chi connectivity index (χ2v) is 7.42. The van der Waals surface area contributed by atoms with Crippen molar-refractivity contribution in [2.45, 2.75) is 32.2 Å². The fourth-order valence-electron chi connectivity index (χ4n) is 4.20. The van der Waals surface area contributed by atoms with Gasteiger partial charge in [-0.25, -0.2) is 9.48 Å². The number of carbonyl (C=O) groups excluding carboxylic acids is 1. The molecule has 2 aromatic rings. The number of aromatic nitrogens is 2. The SMILES string of the molecule is CCCc1cccc(-n2nc3c4c2CCN(C(=O)O)C4CNC(=O)CN3C)c1. The molecule has 0 spiro atoms. The quantitative estimate of drug-likeness (QED) is 0.846. The van der Waals surface area contributed by atoms with Crippen molar-refractivity contribution in [1.82, 2.24) is 20.0 Å². The molecule has 0 saturated heterocycles. The fraction of sp³-hybridized carbons (Fsp3) is 0.450. The van der Waals surface area contributed by atoms with Crippen molar-refractivity contribution in [3.63, 3.8) is 0 Å². The van der Waals surface area contributed by atoms with Crippen LogP contribution in [0, 0.1) is 0 Å². The van der Waals surface area contributed by atoms with Crippen molar-refractivity contribution in [3.8, 4) is 5.69 Å². The molecule has 2 aliphatic heterocycles. The average Bonchev–Trinajstić information content (AvgIpc) is 3.05. The Kier molecular flexibility index (Phi) is 4.70. The summed E-state index contributed by atoms with van der Waals surface area (Å²) in [6, 6.07) is 7.88. The van der Waals surface area contributed by atoms with Crippen molar-refractivity contribution in [3.05, 3.63) is 41.1 Å². The van der Waals surface area contributed by atoms with Gasteiger partial charge in [0.05, 0.1) is 24.0 Å². The van der Waals surface area contributed by atoms with Crippen LogP contribution in [0.3, 0.4) is 0 Å². The molecule has 2 N–H and O–H groups in total. The lowest BCUT2D eigenvalue weighted by Crippen LogP contribution is -2.48. The summed E-state index contributed by atoms with van der Waals surface area (Å²) in [5, 5.41) is 17.4. The Morgan fingerprint density at radius 1 is 1.39 bits per heavy atom. The van der Waals surface area contributed by atoms with E-state index in [-0.39, 0.29) is 19.0 Å². The summed E-state index contributed by atoms with van der Waals surface area (Å²) >= 11 is 0. The second-order valence-electron chi connectivity index (χ2n) is 7.42. The molecule has 3 heterocycles. The van der Waals surface area contributed by atoms with Gasteiger partial charge in [-0.15, -0.1) is 5.10 Å². The van der Waals surface area contributed by atoms with E-state index in [0.717, 1.165) is 29.8 Å². The fourth-order valence-corrected chi connectivity index (χ4v) is 4.20. The van der Waals surface area contributed by atoms with Crippen LogP contribution in [0.25, 0.3) is 5.69 Å². The van der Waals surface area contributed by atoms with Gasteiger partial charge in [-0.2, -0.15) is 0 Å². The monoisotopic (exact) mass is 383 g/mol. The third kappa shape index (κ3) is 3.08. The molecule has 1 atom stereocenters. The molecule has 0 fully saturated rings. The Bertz CT molecular complexity index is 923. The Hall–Kier alpha value is -3.03. The maximum absolute atomic E-state index is 12.1. The van der Waals surface area contributed by atoms with E-state index in [1.807, 2.05) is 23.9 Å². The Labute approximate surface area is 163 Å². The molecule has 4 rings (SSSR count). The summed E-state index contributed by atoms with van der Waals surface area (Å²) in [5.74, 6) is 0.548. The molecule has 8 heteroatoms. The molecule has 0 bridgehead atoms. The van der Waals surface area contributed by atoms with Gasteiger partial charge in [-0.05, 0) is 24.1 Å². The highest BCUT2D eigenvalue weighted by Gasteiger charge is 2.39. The molecule has 1 unspecified atom stereocenters. The molecule has 2 aliphatic rings. The summed E-state index contributed by atoms with van der Waals surface area (Å²) in [4.78, 5) is 27.1. The van der Waals surface area contributed by atoms with Gasteiger partial charge in [0, 0.05) is 32.1 Å². The van der Waals surface area contributed by atoms with Crippen LogP contribution in [0.5, 0.6) is 0 Å². The van der Waals surface area contributed by atoms with Gasteiger partial charge >= 0.3 is 6.09 Å². The number of rotatable bonds is 3. The summed E-state index contributed by atoms with van der Waals surface area (Å²) in [6.45, 7) is 2.99. The van der Waals surface area contributed by atoms with E-state index in [4.69, 9.17) is 5.10 Å². The minimum Gasteiger partial charge on any atom is -0.465 e. The number of carboxylic acid groups (broad SMARTS) is 1. The lowest BCUT2D eigenvalue weighted by atomic mass is 9.97. The number of nitrogens with one attached hydrogen (secondary N) is 1. The normalized spacial score (nSPS) is 18.9. The first kappa shape index (κ1) is 18.3. The maximum Gasteiger partial charge on any atom is 0.407 e. The standard InChI is InChI=1S/C20H25N5O3/c1-3-5-13-6-4-7-14(10-13)25-15-8-9-24(20(27)28)16-11-21-17(26)12-23(2)19(22-25)18(15)16/h4,6-7,10,16H,3,5,8-9,11-12H2,1-2H3,(H,21,26)(H,27,28). The van der Waals surface area contributed by atoms with Crippen molar-refractivity contribution < 1.29 is 14.7 Å². The van der Waals surface area contributed by atoms with Gasteiger partial charge in [-0.1, -0.05) is 25.5 Å². The van der Waals surface area contributed by atoms with Crippen LogP contribution in [0.15, 0.2) is 24.3 Å². The third-order valence-electron chi connectivity index (χ3n) is 5.48. The molecule has 148 valence electrons. The number of carbonyl (C=O) groups is 2. The predicted molar refractivity (Wildman–Crippen MR) is 105 cm³/mol. The molecule has 2 amide bonds. The highest BCUT2D eigenvalue weighted by molar-refractivity contribution is 5.82. The molecule has 0 saturated carbocycles. The number of hydrogen-bond donors (Lipinski definition) is 2. The smallest absolute Gasteiger partial charge is 0.407 e. The van der Waals surface area contributed by atoms with Crippen LogP contribution in [0.1, 0.15) is 36.2 Å². The Morgan fingerprint density at radius 2 is 2.21 bits per heavy atom. The first-order chi connectivity index (χ1) is 13.5. The second kappa shape index (κ2) is 7.18. The number of nitrogens with zero attached hydrogens (tertiary/aromatic N) is 4. The Morgan fingerprint density at radius 3 is 2.96 bits per heavy atom. The topological polar surface area (TPSA) is 90.7 Å². The van der Waals surface area contributed by atoms with Crippen molar-refractivity contribution in [2.24, 2.45) is 0 Å². The number of likely N-dealkylation sites (N-methyl/N-ethyl adjacent to an activating group) is 1. The lowest BCUT2D eigenvalue weighted by Gasteiger charge is -2.36. The van der Waals surface area contributed by atoms with E-state index in [1.54, 1.807) is 4.90 Å².